The van der Waals surface area contributed by atoms with Crippen molar-refractivity contribution < 1.29 is 61.8 Å². The van der Waals surface area contributed by atoms with E-state index in [1.165, 1.54) is 0 Å². The number of hydrogen-bond acceptors (Lipinski definition) is 1. The first-order chi connectivity index (χ1) is 13.5. The highest BCUT2D eigenvalue weighted by Gasteiger charge is 2.90. The van der Waals surface area contributed by atoms with Crippen molar-refractivity contribution in [2.45, 2.75) is 54.7 Å². The fraction of sp³-hybridized carbons (Fsp3) is 0.625. The highest BCUT2D eigenvalue weighted by atomic mass is 35.5. The third-order valence-corrected chi connectivity index (χ3v) is 4.72. The molecule has 0 heterocycles. The summed E-state index contributed by atoms with van der Waals surface area (Å²) >= 11 is 5.55. The fourth-order valence-corrected chi connectivity index (χ4v) is 2.56. The number of rotatable bonds is 8. The van der Waals surface area contributed by atoms with Gasteiger partial charge in [-0.05, 0) is 24.6 Å². The van der Waals surface area contributed by atoms with Gasteiger partial charge in [-0.1, -0.05) is 23.7 Å². The van der Waals surface area contributed by atoms with E-state index in [0.29, 0.717) is 14.0 Å². The predicted octanol–water partition coefficient (Wildman–Crippen LogP) is 7.33. The van der Waals surface area contributed by atoms with Gasteiger partial charge in [-0.15, -0.1) is 0 Å². The van der Waals surface area contributed by atoms with Crippen LogP contribution in [-0.2, 0) is 10.3 Å². The maximum Gasteiger partial charge on any atom is 0.460 e. The summed E-state index contributed by atoms with van der Waals surface area (Å²) in [5, 5.41) is 0.0138. The largest absolute Gasteiger partial charge is 0.460 e. The van der Waals surface area contributed by atoms with Gasteiger partial charge in [0.2, 0.25) is 0 Å². The molecule has 31 heavy (non-hydrogen) atoms. The lowest BCUT2D eigenvalue weighted by Gasteiger charge is -2.42. The van der Waals surface area contributed by atoms with Crippen molar-refractivity contribution in [3.63, 3.8) is 0 Å². The summed E-state index contributed by atoms with van der Waals surface area (Å²) in [7, 11) is 0.646. The van der Waals surface area contributed by atoms with Gasteiger partial charge in [-0.2, -0.15) is 57.1 Å². The van der Waals surface area contributed by atoms with Crippen molar-refractivity contribution >= 4 is 11.6 Å². The predicted molar refractivity (Wildman–Crippen MR) is 81.2 cm³/mol. The molecular formula is C16H12ClF13O. The molecule has 15 heteroatoms. The van der Waals surface area contributed by atoms with Gasteiger partial charge in [-0.3, -0.25) is 0 Å². The van der Waals surface area contributed by atoms with E-state index in [9.17, 15) is 57.1 Å². The van der Waals surface area contributed by atoms with Crippen LogP contribution in [0.25, 0.3) is 0 Å². The Morgan fingerprint density at radius 3 is 1.42 bits per heavy atom. The second kappa shape index (κ2) is 7.85. The minimum atomic E-state index is -7.94. The van der Waals surface area contributed by atoms with Crippen LogP contribution in [0.4, 0.5) is 57.1 Å². The van der Waals surface area contributed by atoms with Crippen LogP contribution < -0.4 is 0 Å². The number of benzene rings is 1. The molecule has 0 N–H and O–H groups in total. The summed E-state index contributed by atoms with van der Waals surface area (Å²) in [6.07, 6.45) is -9.95. The maximum atomic E-state index is 14.2. The number of methoxy groups -OCH3 is 1. The molecule has 0 amide bonds. The molecule has 0 aliphatic heterocycles. The van der Waals surface area contributed by atoms with E-state index >= 15 is 0 Å². The Balaban J connectivity index is 3.49. The molecule has 1 unspecified atom stereocenters. The van der Waals surface area contributed by atoms with Crippen LogP contribution in [0.3, 0.4) is 0 Å². The van der Waals surface area contributed by atoms with Crippen molar-refractivity contribution in [1.82, 2.24) is 0 Å². The van der Waals surface area contributed by atoms with Crippen molar-refractivity contribution in [3.05, 3.63) is 34.9 Å². The first-order valence-corrected chi connectivity index (χ1v) is 8.16. The molecule has 0 spiro atoms. The average Bonchev–Trinajstić information content (AvgIpc) is 2.60. The van der Waals surface area contributed by atoms with Crippen molar-refractivity contribution in [3.8, 4) is 0 Å². The molecule has 0 aromatic heterocycles. The molecule has 0 bridgehead atoms. The zero-order valence-corrected chi connectivity index (χ0v) is 16.0. The van der Waals surface area contributed by atoms with Gasteiger partial charge in [0.25, 0.3) is 0 Å². The van der Waals surface area contributed by atoms with Crippen LogP contribution in [0.2, 0.25) is 5.02 Å². The Bertz CT molecular complexity index is 773. The third-order valence-electron chi connectivity index (χ3n) is 4.46. The molecule has 0 saturated heterocycles. The highest BCUT2D eigenvalue weighted by Crippen LogP contribution is 2.61. The molecular weight excluding hydrogens is 491 g/mol. The standard InChI is InChI=1S/C16H12ClF13O/c1-10(31-2,8-3-5-9(17)6-4-8)7-11(18,19)12(20,21)13(22,23)14(24,25)15(26,27)16(28,29)30/h3-6H,7H2,1-2H3. The molecule has 0 aliphatic rings. The molecule has 0 fully saturated rings. The number of ether oxygens (including phenoxy) is 1. The van der Waals surface area contributed by atoms with Crippen LogP contribution in [0.1, 0.15) is 18.9 Å². The van der Waals surface area contributed by atoms with Gasteiger partial charge in [-0.25, -0.2) is 0 Å². The van der Waals surface area contributed by atoms with E-state index in [4.69, 9.17) is 11.6 Å². The van der Waals surface area contributed by atoms with E-state index < -0.39 is 53.4 Å². The van der Waals surface area contributed by atoms with Crippen LogP contribution in [0.15, 0.2) is 24.3 Å². The van der Waals surface area contributed by atoms with Crippen LogP contribution in [-0.4, -0.2) is 42.9 Å². The summed E-state index contributed by atoms with van der Waals surface area (Å²) in [4.78, 5) is 0. The van der Waals surface area contributed by atoms with Crippen molar-refractivity contribution in [1.29, 1.82) is 0 Å². The summed E-state index contributed by atoms with van der Waals surface area (Å²) in [6, 6.07) is 3.92. The second-order valence-corrected chi connectivity index (χ2v) is 7.05. The highest BCUT2D eigenvalue weighted by molar-refractivity contribution is 6.30. The smallest absolute Gasteiger partial charge is 0.374 e. The van der Waals surface area contributed by atoms with Crippen molar-refractivity contribution in [2.24, 2.45) is 0 Å². The van der Waals surface area contributed by atoms with Gasteiger partial charge < -0.3 is 4.74 Å². The average molecular weight is 503 g/mol. The molecule has 1 aromatic carbocycles. The maximum absolute atomic E-state index is 14.2. The molecule has 0 radical (unpaired) electrons. The lowest BCUT2D eigenvalue weighted by Crippen LogP contribution is -2.70. The minimum absolute atomic E-state index is 0.0138. The summed E-state index contributed by atoms with van der Waals surface area (Å²) < 4.78 is 177. The number of halogens is 14. The van der Waals surface area contributed by atoms with E-state index in [1.807, 2.05) is 0 Å². The lowest BCUT2D eigenvalue weighted by atomic mass is 9.84. The zero-order chi connectivity index (χ0) is 24.9. The zero-order valence-electron chi connectivity index (χ0n) is 15.2. The van der Waals surface area contributed by atoms with Gasteiger partial charge in [0, 0.05) is 12.1 Å². The quantitative estimate of drug-likeness (QED) is 0.338. The van der Waals surface area contributed by atoms with E-state index in [-0.39, 0.29) is 5.02 Å². The molecule has 180 valence electrons. The molecule has 0 saturated carbocycles. The van der Waals surface area contributed by atoms with Gasteiger partial charge in [0.1, 0.15) is 0 Å². The first kappa shape index (κ1) is 27.6. The van der Waals surface area contributed by atoms with E-state index in [2.05, 4.69) is 4.74 Å². The first-order valence-electron chi connectivity index (χ1n) is 7.79. The molecule has 1 nitrogen and oxygen atoms in total. The summed E-state index contributed by atoms with van der Waals surface area (Å²) in [5.74, 6) is -37.2. The Hall–Kier alpha value is -1.44. The SMILES string of the molecule is COC(C)(CC(F)(F)C(F)(F)C(F)(F)C(F)(F)C(F)(F)C(F)(F)F)c1ccc(Cl)cc1. The normalized spacial score (nSPS) is 16.9. The van der Waals surface area contributed by atoms with Gasteiger partial charge in [0.05, 0.1) is 12.0 Å². The second-order valence-electron chi connectivity index (χ2n) is 6.62. The molecule has 1 rings (SSSR count). The lowest BCUT2D eigenvalue weighted by molar-refractivity contribution is -0.441. The van der Waals surface area contributed by atoms with E-state index in [1.54, 1.807) is 0 Å². The minimum Gasteiger partial charge on any atom is -0.374 e. The van der Waals surface area contributed by atoms with Gasteiger partial charge >= 0.3 is 35.8 Å². The number of alkyl halides is 13. The topological polar surface area (TPSA) is 9.23 Å². The third kappa shape index (κ3) is 4.29. The molecule has 1 aromatic rings. The van der Waals surface area contributed by atoms with Crippen molar-refractivity contribution in [2.75, 3.05) is 7.11 Å². The Kier molecular flexibility index (Phi) is 6.99. The molecule has 1 atom stereocenters. The van der Waals surface area contributed by atoms with Crippen LogP contribution in [0, 0.1) is 0 Å². The Morgan fingerprint density at radius 2 is 1.06 bits per heavy atom. The van der Waals surface area contributed by atoms with Crippen LogP contribution >= 0.6 is 11.6 Å². The molecule has 0 aliphatic carbocycles. The summed E-state index contributed by atoms with van der Waals surface area (Å²) in [6.45, 7) is 0.640. The Labute approximate surface area is 171 Å². The Morgan fingerprint density at radius 1 is 0.677 bits per heavy atom. The summed E-state index contributed by atoms with van der Waals surface area (Å²) in [5.41, 5.74) is -3.00. The number of hydrogen-bond donors (Lipinski definition) is 0. The fourth-order valence-electron chi connectivity index (χ4n) is 2.43. The van der Waals surface area contributed by atoms with Gasteiger partial charge in [0.15, 0.2) is 0 Å². The monoisotopic (exact) mass is 502 g/mol. The van der Waals surface area contributed by atoms with Crippen LogP contribution in [0.5, 0.6) is 0 Å². The van der Waals surface area contributed by atoms with E-state index in [0.717, 1.165) is 24.3 Å².